The Morgan fingerprint density at radius 2 is 1.88 bits per heavy atom. The standard InChI is InChI=1S/C16H20N2O5S/c1-19-12-7-10(8-13(20-2)14(12)21-3)15-17-18-16(23-15)24-9-11-5-4-6-22-11/h7-8,11H,4-6,9H2,1-3H3. The zero-order valence-corrected chi connectivity index (χ0v) is 14.7. The number of aromatic nitrogens is 2. The van der Waals surface area contributed by atoms with Crippen LogP contribution in [0.1, 0.15) is 12.8 Å². The number of hydrogen-bond donors (Lipinski definition) is 0. The van der Waals surface area contributed by atoms with E-state index in [2.05, 4.69) is 10.2 Å². The summed E-state index contributed by atoms with van der Waals surface area (Å²) in [7, 11) is 4.70. The van der Waals surface area contributed by atoms with Crippen LogP contribution < -0.4 is 14.2 Å². The molecule has 0 N–H and O–H groups in total. The monoisotopic (exact) mass is 352 g/mol. The van der Waals surface area contributed by atoms with Crippen molar-refractivity contribution in [2.45, 2.75) is 24.2 Å². The molecule has 0 amide bonds. The Hall–Kier alpha value is -1.93. The second kappa shape index (κ2) is 7.76. The van der Waals surface area contributed by atoms with Gasteiger partial charge in [-0.3, -0.25) is 0 Å². The topological polar surface area (TPSA) is 75.8 Å². The SMILES string of the molecule is COc1cc(-c2nnc(SCC3CCCO3)o2)cc(OC)c1OC. The first-order chi connectivity index (χ1) is 11.7. The molecule has 1 fully saturated rings. The van der Waals surface area contributed by atoms with Crippen LogP contribution in [0.25, 0.3) is 11.5 Å². The van der Waals surface area contributed by atoms with E-state index >= 15 is 0 Å². The lowest BCUT2D eigenvalue weighted by atomic mass is 10.2. The minimum Gasteiger partial charge on any atom is -0.493 e. The van der Waals surface area contributed by atoms with Gasteiger partial charge in [0.05, 0.1) is 27.4 Å². The fourth-order valence-corrected chi connectivity index (χ4v) is 3.36. The van der Waals surface area contributed by atoms with Crippen LogP contribution in [0.3, 0.4) is 0 Å². The Kier molecular flexibility index (Phi) is 5.47. The van der Waals surface area contributed by atoms with Crippen molar-refractivity contribution in [3.05, 3.63) is 12.1 Å². The maximum atomic E-state index is 5.74. The highest BCUT2D eigenvalue weighted by Gasteiger charge is 2.20. The van der Waals surface area contributed by atoms with Crippen molar-refractivity contribution in [3.8, 4) is 28.7 Å². The summed E-state index contributed by atoms with van der Waals surface area (Å²) >= 11 is 1.51. The Morgan fingerprint density at radius 1 is 1.12 bits per heavy atom. The lowest BCUT2D eigenvalue weighted by Crippen LogP contribution is -2.07. The summed E-state index contributed by atoms with van der Waals surface area (Å²) in [6.07, 6.45) is 2.47. The highest BCUT2D eigenvalue weighted by Crippen LogP contribution is 2.41. The van der Waals surface area contributed by atoms with E-state index in [4.69, 9.17) is 23.4 Å². The van der Waals surface area contributed by atoms with Crippen LogP contribution in [-0.4, -0.2) is 50.0 Å². The van der Waals surface area contributed by atoms with Crippen LogP contribution in [-0.2, 0) is 4.74 Å². The van der Waals surface area contributed by atoms with Gasteiger partial charge in [-0.1, -0.05) is 11.8 Å². The molecule has 24 heavy (non-hydrogen) atoms. The number of thioether (sulfide) groups is 1. The molecule has 1 saturated heterocycles. The zero-order valence-electron chi connectivity index (χ0n) is 13.9. The number of nitrogens with zero attached hydrogens (tertiary/aromatic N) is 2. The van der Waals surface area contributed by atoms with E-state index in [-0.39, 0.29) is 6.10 Å². The fraction of sp³-hybridized carbons (Fsp3) is 0.500. The van der Waals surface area contributed by atoms with Crippen molar-refractivity contribution < 1.29 is 23.4 Å². The summed E-state index contributed by atoms with van der Waals surface area (Å²) in [6, 6.07) is 3.56. The highest BCUT2D eigenvalue weighted by molar-refractivity contribution is 7.99. The molecule has 2 heterocycles. The molecule has 1 unspecified atom stereocenters. The molecule has 1 aliphatic heterocycles. The maximum Gasteiger partial charge on any atom is 0.276 e. The average molecular weight is 352 g/mol. The van der Waals surface area contributed by atoms with Gasteiger partial charge >= 0.3 is 0 Å². The molecule has 0 saturated carbocycles. The highest BCUT2D eigenvalue weighted by atomic mass is 32.2. The summed E-state index contributed by atoms with van der Waals surface area (Å²) in [5.74, 6) is 2.83. The van der Waals surface area contributed by atoms with Crippen molar-refractivity contribution in [1.29, 1.82) is 0 Å². The molecule has 8 heteroatoms. The van der Waals surface area contributed by atoms with Crippen LogP contribution in [0.2, 0.25) is 0 Å². The molecule has 3 rings (SSSR count). The molecule has 0 radical (unpaired) electrons. The van der Waals surface area contributed by atoms with E-state index in [1.54, 1.807) is 33.5 Å². The number of benzene rings is 1. The van der Waals surface area contributed by atoms with Crippen molar-refractivity contribution in [2.75, 3.05) is 33.7 Å². The molecule has 0 aliphatic carbocycles. The number of hydrogen-bond acceptors (Lipinski definition) is 8. The van der Waals surface area contributed by atoms with Gasteiger partial charge in [-0.15, -0.1) is 10.2 Å². The van der Waals surface area contributed by atoms with Crippen LogP contribution in [0.15, 0.2) is 21.8 Å². The molecule has 2 aromatic rings. The fourth-order valence-electron chi connectivity index (χ4n) is 2.53. The van der Waals surface area contributed by atoms with Crippen molar-refractivity contribution in [2.24, 2.45) is 0 Å². The molecule has 1 aromatic heterocycles. The van der Waals surface area contributed by atoms with Gasteiger partial charge in [-0.2, -0.15) is 0 Å². The van der Waals surface area contributed by atoms with Crippen LogP contribution >= 0.6 is 11.8 Å². The summed E-state index contributed by atoms with van der Waals surface area (Å²) in [4.78, 5) is 0. The first-order valence-electron chi connectivity index (χ1n) is 7.63. The van der Waals surface area contributed by atoms with Crippen molar-refractivity contribution in [3.63, 3.8) is 0 Å². The Labute approximate surface area is 144 Å². The second-order valence-electron chi connectivity index (χ2n) is 5.23. The minimum atomic E-state index is 0.270. The molecule has 0 bridgehead atoms. The first kappa shape index (κ1) is 16.9. The summed E-state index contributed by atoms with van der Waals surface area (Å²) in [5.41, 5.74) is 0.709. The average Bonchev–Trinajstić information content (AvgIpc) is 3.30. The van der Waals surface area contributed by atoms with Gasteiger partial charge in [0, 0.05) is 17.9 Å². The Bertz CT molecular complexity index is 660. The third-order valence-electron chi connectivity index (χ3n) is 3.73. The molecule has 7 nitrogen and oxygen atoms in total. The van der Waals surface area contributed by atoms with E-state index in [0.717, 1.165) is 25.2 Å². The van der Waals surface area contributed by atoms with E-state index < -0.39 is 0 Å². The van der Waals surface area contributed by atoms with Crippen molar-refractivity contribution in [1.82, 2.24) is 10.2 Å². The van der Waals surface area contributed by atoms with Gasteiger partial charge in [0.1, 0.15) is 0 Å². The van der Waals surface area contributed by atoms with Gasteiger partial charge in [0.2, 0.25) is 11.6 Å². The van der Waals surface area contributed by atoms with E-state index in [1.165, 1.54) is 11.8 Å². The molecule has 0 spiro atoms. The first-order valence-corrected chi connectivity index (χ1v) is 8.62. The summed E-state index contributed by atoms with van der Waals surface area (Å²) in [6.45, 7) is 0.839. The molecule has 1 atom stereocenters. The normalized spacial score (nSPS) is 17.0. The van der Waals surface area contributed by atoms with Crippen LogP contribution in [0.5, 0.6) is 17.2 Å². The van der Waals surface area contributed by atoms with E-state index in [9.17, 15) is 0 Å². The maximum absolute atomic E-state index is 5.74. The summed E-state index contributed by atoms with van der Waals surface area (Å²) in [5, 5.41) is 8.72. The largest absolute Gasteiger partial charge is 0.493 e. The van der Waals surface area contributed by atoms with Gasteiger partial charge in [-0.25, -0.2) is 0 Å². The van der Waals surface area contributed by atoms with E-state index in [0.29, 0.717) is 33.9 Å². The third-order valence-corrected chi connectivity index (χ3v) is 4.69. The number of ether oxygens (including phenoxy) is 4. The molecular formula is C16H20N2O5S. The second-order valence-corrected chi connectivity index (χ2v) is 6.20. The van der Waals surface area contributed by atoms with Crippen molar-refractivity contribution >= 4 is 11.8 Å². The molecular weight excluding hydrogens is 332 g/mol. The van der Waals surface area contributed by atoms with Crippen LogP contribution in [0, 0.1) is 0 Å². The molecule has 1 aromatic carbocycles. The van der Waals surface area contributed by atoms with E-state index in [1.807, 2.05) is 0 Å². The quantitative estimate of drug-likeness (QED) is 0.704. The van der Waals surface area contributed by atoms with Gasteiger partial charge < -0.3 is 23.4 Å². The predicted molar refractivity (Wildman–Crippen MR) is 89.1 cm³/mol. The van der Waals surface area contributed by atoms with Gasteiger partial charge in [-0.05, 0) is 25.0 Å². The molecule has 1 aliphatic rings. The number of methoxy groups -OCH3 is 3. The zero-order chi connectivity index (χ0) is 16.9. The number of rotatable bonds is 7. The van der Waals surface area contributed by atoms with Gasteiger partial charge in [0.15, 0.2) is 11.5 Å². The lowest BCUT2D eigenvalue weighted by molar-refractivity contribution is 0.128. The molecule has 130 valence electrons. The van der Waals surface area contributed by atoms with Gasteiger partial charge in [0.25, 0.3) is 5.22 Å². The lowest BCUT2D eigenvalue weighted by Gasteiger charge is -2.12. The third kappa shape index (κ3) is 3.59. The summed E-state index contributed by atoms with van der Waals surface area (Å²) < 4.78 is 27.3. The predicted octanol–water partition coefficient (Wildman–Crippen LogP) is 3.03. The Balaban J connectivity index is 1.78. The minimum absolute atomic E-state index is 0.270. The Morgan fingerprint density at radius 3 is 2.46 bits per heavy atom. The smallest absolute Gasteiger partial charge is 0.276 e. The van der Waals surface area contributed by atoms with Crippen LogP contribution in [0.4, 0.5) is 0 Å².